The SMILES string of the molecule is CCCCN(C)c1nc(C)cc(N2CCN(c3cccc(Cl)c3)CC2)n1. The van der Waals surface area contributed by atoms with Gasteiger partial charge in [0.25, 0.3) is 0 Å². The van der Waals surface area contributed by atoms with E-state index in [2.05, 4.69) is 45.8 Å². The third kappa shape index (κ3) is 4.58. The topological polar surface area (TPSA) is 35.5 Å². The van der Waals surface area contributed by atoms with E-state index in [9.17, 15) is 0 Å². The summed E-state index contributed by atoms with van der Waals surface area (Å²) in [4.78, 5) is 16.3. The summed E-state index contributed by atoms with van der Waals surface area (Å²) in [5, 5.41) is 0.788. The van der Waals surface area contributed by atoms with Crippen LogP contribution in [0, 0.1) is 6.92 Å². The largest absolute Gasteiger partial charge is 0.368 e. The van der Waals surface area contributed by atoms with Crippen molar-refractivity contribution in [2.45, 2.75) is 26.7 Å². The quantitative estimate of drug-likeness (QED) is 0.764. The lowest BCUT2D eigenvalue weighted by atomic mass is 10.2. The molecule has 2 aromatic rings. The Balaban J connectivity index is 1.68. The van der Waals surface area contributed by atoms with Gasteiger partial charge in [-0.3, -0.25) is 0 Å². The van der Waals surface area contributed by atoms with E-state index in [1.807, 2.05) is 25.1 Å². The van der Waals surface area contributed by atoms with Crippen LogP contribution in [0.3, 0.4) is 0 Å². The van der Waals surface area contributed by atoms with Crippen molar-refractivity contribution in [3.05, 3.63) is 41.0 Å². The molecule has 0 N–H and O–H groups in total. The third-order valence-corrected chi connectivity index (χ3v) is 5.03. The fourth-order valence-corrected chi connectivity index (χ4v) is 3.42. The van der Waals surface area contributed by atoms with Crippen molar-refractivity contribution >= 4 is 29.1 Å². The first kappa shape index (κ1) is 18.8. The molecule has 1 aromatic carbocycles. The Bertz CT molecular complexity index is 728. The number of benzene rings is 1. The number of anilines is 3. The Morgan fingerprint density at radius 2 is 1.81 bits per heavy atom. The highest BCUT2D eigenvalue weighted by Crippen LogP contribution is 2.23. The van der Waals surface area contributed by atoms with Crippen molar-refractivity contribution in [1.29, 1.82) is 0 Å². The van der Waals surface area contributed by atoms with Crippen LogP contribution in [0.25, 0.3) is 0 Å². The summed E-state index contributed by atoms with van der Waals surface area (Å²) in [7, 11) is 2.07. The van der Waals surface area contributed by atoms with E-state index in [0.29, 0.717) is 0 Å². The summed E-state index contributed by atoms with van der Waals surface area (Å²) < 4.78 is 0. The number of piperazine rings is 1. The van der Waals surface area contributed by atoms with Crippen molar-refractivity contribution in [1.82, 2.24) is 9.97 Å². The van der Waals surface area contributed by atoms with Gasteiger partial charge in [-0.1, -0.05) is 31.0 Å². The lowest BCUT2D eigenvalue weighted by molar-refractivity contribution is 0.645. The summed E-state index contributed by atoms with van der Waals surface area (Å²) in [5.74, 6) is 1.85. The van der Waals surface area contributed by atoms with Crippen molar-refractivity contribution in [3.8, 4) is 0 Å². The van der Waals surface area contributed by atoms with Crippen molar-refractivity contribution in [3.63, 3.8) is 0 Å². The molecule has 1 aliphatic heterocycles. The number of hydrogen-bond acceptors (Lipinski definition) is 5. The Kier molecular flexibility index (Phi) is 6.20. The van der Waals surface area contributed by atoms with Crippen molar-refractivity contribution in [2.75, 3.05) is 54.5 Å². The molecule has 0 atom stereocenters. The number of unbranched alkanes of at least 4 members (excludes halogenated alkanes) is 1. The first-order chi connectivity index (χ1) is 12.6. The molecule has 5 nitrogen and oxygen atoms in total. The second kappa shape index (κ2) is 8.58. The molecule has 1 saturated heterocycles. The summed E-state index contributed by atoms with van der Waals surface area (Å²) in [6.45, 7) is 9.05. The molecule has 0 spiro atoms. The minimum atomic E-state index is 0.788. The molecule has 0 radical (unpaired) electrons. The number of nitrogens with zero attached hydrogens (tertiary/aromatic N) is 5. The highest BCUT2D eigenvalue weighted by atomic mass is 35.5. The molecule has 6 heteroatoms. The minimum Gasteiger partial charge on any atom is -0.368 e. The molecule has 0 amide bonds. The van der Waals surface area contributed by atoms with Crippen LogP contribution in [-0.2, 0) is 0 Å². The molecule has 140 valence electrons. The second-order valence-corrected chi connectivity index (χ2v) is 7.33. The molecule has 1 aromatic heterocycles. The lowest BCUT2D eigenvalue weighted by Gasteiger charge is -2.37. The van der Waals surface area contributed by atoms with Crippen LogP contribution in [-0.4, -0.2) is 49.7 Å². The van der Waals surface area contributed by atoms with E-state index in [-0.39, 0.29) is 0 Å². The molecule has 0 saturated carbocycles. The number of halogens is 1. The Morgan fingerprint density at radius 1 is 1.08 bits per heavy atom. The van der Waals surface area contributed by atoms with Crippen LogP contribution in [0.5, 0.6) is 0 Å². The first-order valence-corrected chi connectivity index (χ1v) is 9.77. The minimum absolute atomic E-state index is 0.788. The zero-order valence-electron chi connectivity index (χ0n) is 16.0. The predicted molar refractivity (Wildman–Crippen MR) is 111 cm³/mol. The lowest BCUT2D eigenvalue weighted by Crippen LogP contribution is -2.47. The van der Waals surface area contributed by atoms with Gasteiger partial charge in [-0.05, 0) is 31.5 Å². The van der Waals surface area contributed by atoms with Gasteiger partial charge in [0.05, 0.1) is 0 Å². The first-order valence-electron chi connectivity index (χ1n) is 9.39. The maximum Gasteiger partial charge on any atom is 0.227 e. The van der Waals surface area contributed by atoms with Gasteiger partial charge in [-0.15, -0.1) is 0 Å². The van der Waals surface area contributed by atoms with Gasteiger partial charge in [0.2, 0.25) is 5.95 Å². The maximum absolute atomic E-state index is 6.13. The number of aromatic nitrogens is 2. The summed E-state index contributed by atoms with van der Waals surface area (Å²) in [5.41, 5.74) is 2.21. The summed E-state index contributed by atoms with van der Waals surface area (Å²) >= 11 is 6.13. The van der Waals surface area contributed by atoms with Crippen LogP contribution in [0.1, 0.15) is 25.5 Å². The highest BCUT2D eigenvalue weighted by molar-refractivity contribution is 6.30. The van der Waals surface area contributed by atoms with E-state index >= 15 is 0 Å². The van der Waals surface area contributed by atoms with Gasteiger partial charge in [0.15, 0.2) is 0 Å². The maximum atomic E-state index is 6.13. The van der Waals surface area contributed by atoms with E-state index in [1.165, 1.54) is 12.1 Å². The van der Waals surface area contributed by atoms with Gasteiger partial charge < -0.3 is 14.7 Å². The van der Waals surface area contributed by atoms with Gasteiger partial charge in [-0.25, -0.2) is 4.98 Å². The summed E-state index contributed by atoms with van der Waals surface area (Å²) in [6.07, 6.45) is 2.33. The molecular weight excluding hydrogens is 346 g/mol. The fraction of sp³-hybridized carbons (Fsp3) is 0.500. The van der Waals surface area contributed by atoms with Crippen molar-refractivity contribution in [2.24, 2.45) is 0 Å². The molecule has 26 heavy (non-hydrogen) atoms. The van der Waals surface area contributed by atoms with E-state index in [1.54, 1.807) is 0 Å². The Morgan fingerprint density at radius 3 is 2.50 bits per heavy atom. The molecular formula is C20H28ClN5. The average Bonchev–Trinajstić information content (AvgIpc) is 2.65. The van der Waals surface area contributed by atoms with Gasteiger partial charge >= 0.3 is 0 Å². The standard InChI is InChI=1S/C20H28ClN5/c1-4-5-9-24(3)20-22-16(2)14-19(23-20)26-12-10-25(11-13-26)18-8-6-7-17(21)15-18/h6-8,14-15H,4-5,9-13H2,1-3H3. The predicted octanol–water partition coefficient (Wildman–Crippen LogP) is 4.00. The number of rotatable bonds is 6. The molecule has 0 bridgehead atoms. The number of hydrogen-bond donors (Lipinski definition) is 0. The smallest absolute Gasteiger partial charge is 0.227 e. The zero-order chi connectivity index (χ0) is 18.5. The normalized spacial score (nSPS) is 14.6. The van der Waals surface area contributed by atoms with E-state index in [0.717, 1.165) is 61.6 Å². The highest BCUT2D eigenvalue weighted by Gasteiger charge is 2.20. The summed E-state index contributed by atoms with van der Waals surface area (Å²) in [6, 6.07) is 10.2. The van der Waals surface area contributed by atoms with Gasteiger partial charge in [0.1, 0.15) is 5.82 Å². The molecule has 0 aliphatic carbocycles. The van der Waals surface area contributed by atoms with E-state index in [4.69, 9.17) is 16.6 Å². The van der Waals surface area contributed by atoms with Crippen LogP contribution in [0.2, 0.25) is 5.02 Å². The number of aryl methyl sites for hydroxylation is 1. The fourth-order valence-electron chi connectivity index (χ4n) is 3.23. The molecule has 2 heterocycles. The molecule has 3 rings (SSSR count). The van der Waals surface area contributed by atoms with Gasteiger partial charge in [-0.2, -0.15) is 4.98 Å². The zero-order valence-corrected chi connectivity index (χ0v) is 16.7. The third-order valence-electron chi connectivity index (χ3n) is 4.79. The van der Waals surface area contributed by atoms with Crippen LogP contribution < -0.4 is 14.7 Å². The Hall–Kier alpha value is -2.01. The van der Waals surface area contributed by atoms with Crippen LogP contribution in [0.15, 0.2) is 30.3 Å². The Labute approximate surface area is 161 Å². The monoisotopic (exact) mass is 373 g/mol. The molecule has 1 fully saturated rings. The second-order valence-electron chi connectivity index (χ2n) is 6.90. The van der Waals surface area contributed by atoms with E-state index < -0.39 is 0 Å². The van der Waals surface area contributed by atoms with Crippen LogP contribution >= 0.6 is 11.6 Å². The van der Waals surface area contributed by atoms with Crippen LogP contribution in [0.4, 0.5) is 17.5 Å². The average molecular weight is 374 g/mol. The molecule has 1 aliphatic rings. The van der Waals surface area contributed by atoms with Gasteiger partial charge in [0, 0.05) is 62.2 Å². The molecule has 0 unspecified atom stereocenters. The van der Waals surface area contributed by atoms with Crippen molar-refractivity contribution < 1.29 is 0 Å².